The van der Waals surface area contributed by atoms with Crippen LogP contribution in [0.2, 0.25) is 0 Å². The van der Waals surface area contributed by atoms with E-state index in [4.69, 9.17) is 9.82 Å². The molecule has 0 bridgehead atoms. The predicted molar refractivity (Wildman–Crippen MR) is 139 cm³/mol. The largest absolute Gasteiger partial charge is 0.435 e. The second-order valence-corrected chi connectivity index (χ2v) is 10.6. The second kappa shape index (κ2) is 10.5. The summed E-state index contributed by atoms with van der Waals surface area (Å²) in [6.07, 6.45) is 1.68. The normalized spacial score (nSPS) is 18.1. The van der Waals surface area contributed by atoms with Gasteiger partial charge >= 0.3 is 6.18 Å². The maximum atomic E-state index is 12.9. The number of nitrogens with one attached hydrogen (secondary N) is 1. The molecule has 1 atom stereocenters. The molecule has 0 spiro atoms. The van der Waals surface area contributed by atoms with Crippen LogP contribution in [0.25, 0.3) is 11.4 Å². The van der Waals surface area contributed by atoms with Gasteiger partial charge in [-0.3, -0.25) is 19.8 Å². The highest BCUT2D eigenvalue weighted by molar-refractivity contribution is 7.09. The summed E-state index contributed by atoms with van der Waals surface area (Å²) < 4.78 is 41.7. The molecule has 3 aromatic heterocycles. The minimum atomic E-state index is -4.54. The van der Waals surface area contributed by atoms with Gasteiger partial charge in [0, 0.05) is 35.6 Å². The number of amides is 1. The minimum absolute atomic E-state index is 0.192. The molecule has 1 amide bonds. The Morgan fingerprint density at radius 3 is 2.75 bits per heavy atom. The van der Waals surface area contributed by atoms with Crippen molar-refractivity contribution in [2.24, 2.45) is 0 Å². The van der Waals surface area contributed by atoms with Gasteiger partial charge in [-0.05, 0) is 38.0 Å². The van der Waals surface area contributed by atoms with Crippen LogP contribution in [0, 0.1) is 6.92 Å². The number of likely N-dealkylation sites (tertiary alicyclic amines) is 1. The van der Waals surface area contributed by atoms with Crippen LogP contribution in [0.3, 0.4) is 0 Å². The lowest BCUT2D eigenvalue weighted by Crippen LogP contribution is -2.40. The molecule has 1 fully saturated rings. The first kappa shape index (κ1) is 26.2. The number of hydroxylamine groups is 1. The first-order valence-electron chi connectivity index (χ1n) is 12.7. The van der Waals surface area contributed by atoms with Gasteiger partial charge in [0.1, 0.15) is 25.3 Å². The van der Waals surface area contributed by atoms with Crippen LogP contribution >= 0.6 is 11.3 Å². The van der Waals surface area contributed by atoms with Crippen molar-refractivity contribution < 1.29 is 22.8 Å². The molecule has 14 heteroatoms. The topological polar surface area (TPSA) is 103 Å². The molecule has 6 rings (SSSR count). The van der Waals surface area contributed by atoms with Gasteiger partial charge < -0.3 is 4.90 Å². The summed E-state index contributed by atoms with van der Waals surface area (Å²) in [5.74, 6) is -0.0503. The van der Waals surface area contributed by atoms with E-state index in [0.717, 1.165) is 51.2 Å². The summed E-state index contributed by atoms with van der Waals surface area (Å²) in [5.41, 5.74) is 5.68. The molecule has 1 saturated heterocycles. The smallest absolute Gasteiger partial charge is 0.341 e. The van der Waals surface area contributed by atoms with Gasteiger partial charge in [-0.15, -0.1) is 11.3 Å². The second-order valence-electron chi connectivity index (χ2n) is 9.67. The van der Waals surface area contributed by atoms with Crippen molar-refractivity contribution in [1.29, 1.82) is 0 Å². The number of carbonyl (C=O) groups is 1. The van der Waals surface area contributed by atoms with E-state index >= 15 is 0 Å². The van der Waals surface area contributed by atoms with E-state index in [1.54, 1.807) is 27.2 Å². The zero-order valence-electron chi connectivity index (χ0n) is 21.4. The zero-order chi connectivity index (χ0) is 27.9. The highest BCUT2D eigenvalue weighted by Crippen LogP contribution is 2.35. The molecule has 208 valence electrons. The van der Waals surface area contributed by atoms with Crippen molar-refractivity contribution >= 4 is 22.9 Å². The lowest BCUT2D eigenvalue weighted by atomic mass is 9.97. The third-order valence-corrected chi connectivity index (χ3v) is 8.08. The fourth-order valence-electron chi connectivity index (χ4n) is 4.92. The number of benzene rings is 1. The zero-order valence-corrected chi connectivity index (χ0v) is 22.2. The molecule has 2 aliphatic heterocycles. The average Bonchev–Trinajstić information content (AvgIpc) is 3.76. The Hall–Kier alpha value is -4.04. The fraction of sp³-hybridized carbons (Fsp3) is 0.346. The molecule has 10 nitrogen and oxygen atoms in total. The number of nitrogens with zero attached hydrogens (tertiary/aromatic N) is 7. The van der Waals surface area contributed by atoms with Gasteiger partial charge in [0.05, 0.1) is 22.1 Å². The van der Waals surface area contributed by atoms with Gasteiger partial charge in [0.25, 0.3) is 0 Å². The van der Waals surface area contributed by atoms with E-state index < -0.39 is 11.9 Å². The summed E-state index contributed by atoms with van der Waals surface area (Å²) in [4.78, 5) is 29.2. The van der Waals surface area contributed by atoms with Crippen LogP contribution in [0.4, 0.5) is 13.2 Å². The number of alkyl halides is 3. The molecule has 1 aromatic carbocycles. The van der Waals surface area contributed by atoms with E-state index in [1.807, 2.05) is 35.7 Å². The Kier molecular flexibility index (Phi) is 6.88. The standard InChI is InChI=1S/C26H25F3N8O2S/c1-16-10-23(26(27,28)29)33-36(16)12-24(38)35-8-6-17(7-9-35)25-32-20(13-40-25)19-11-22(39-34-19)18-4-2-3-5-21(18)37-15-30-14-31-37/h2-5,10-11,13-15,17,22,34H,6-9,12H2,1H3. The van der Waals surface area contributed by atoms with Gasteiger partial charge in [0.2, 0.25) is 5.91 Å². The van der Waals surface area contributed by atoms with Gasteiger partial charge in [-0.1, -0.05) is 18.2 Å². The Bertz CT molecular complexity index is 1540. The first-order chi connectivity index (χ1) is 19.3. The van der Waals surface area contributed by atoms with E-state index in [2.05, 4.69) is 20.7 Å². The first-order valence-corrected chi connectivity index (χ1v) is 13.6. The van der Waals surface area contributed by atoms with Crippen molar-refractivity contribution in [1.82, 2.24) is 39.9 Å². The number of piperidine rings is 1. The number of hydrogen-bond donors (Lipinski definition) is 1. The summed E-state index contributed by atoms with van der Waals surface area (Å²) in [6.45, 7) is 2.32. The third kappa shape index (κ3) is 5.23. The molecule has 0 aliphatic carbocycles. The number of rotatable bonds is 6. The van der Waals surface area contributed by atoms with Crippen molar-refractivity contribution in [3.05, 3.63) is 82.1 Å². The van der Waals surface area contributed by atoms with Crippen molar-refractivity contribution in [2.75, 3.05) is 13.1 Å². The number of aromatic nitrogens is 6. The molecule has 1 unspecified atom stereocenters. The molecular weight excluding hydrogens is 545 g/mol. The number of halogens is 3. The number of hydrogen-bond acceptors (Lipinski definition) is 8. The summed E-state index contributed by atoms with van der Waals surface area (Å²) in [7, 11) is 0. The molecule has 1 N–H and O–H groups in total. The van der Waals surface area contributed by atoms with E-state index in [9.17, 15) is 18.0 Å². The van der Waals surface area contributed by atoms with Gasteiger partial charge in [-0.2, -0.15) is 23.4 Å². The number of aryl methyl sites for hydroxylation is 1. The number of para-hydroxylation sites is 1. The Morgan fingerprint density at radius 1 is 1.23 bits per heavy atom. The van der Waals surface area contributed by atoms with E-state index in [-0.39, 0.29) is 24.5 Å². The summed E-state index contributed by atoms with van der Waals surface area (Å²) >= 11 is 1.57. The Morgan fingerprint density at radius 2 is 2.02 bits per heavy atom. The Balaban J connectivity index is 1.08. The quantitative estimate of drug-likeness (QED) is 0.369. The molecule has 0 radical (unpaired) electrons. The van der Waals surface area contributed by atoms with Crippen LogP contribution in [0.1, 0.15) is 52.5 Å². The average molecular weight is 571 g/mol. The highest BCUT2D eigenvalue weighted by atomic mass is 32.1. The summed E-state index contributed by atoms with van der Waals surface area (Å²) in [5, 5.41) is 10.8. The minimum Gasteiger partial charge on any atom is -0.341 e. The third-order valence-electron chi connectivity index (χ3n) is 7.07. The van der Waals surface area contributed by atoms with E-state index in [0.29, 0.717) is 18.8 Å². The predicted octanol–water partition coefficient (Wildman–Crippen LogP) is 4.27. The lowest BCUT2D eigenvalue weighted by molar-refractivity contribution is -0.142. The highest BCUT2D eigenvalue weighted by Gasteiger charge is 2.35. The maximum Gasteiger partial charge on any atom is 0.435 e. The van der Waals surface area contributed by atoms with Crippen LogP contribution in [-0.2, 0) is 22.4 Å². The van der Waals surface area contributed by atoms with Crippen molar-refractivity contribution in [3.8, 4) is 5.69 Å². The molecule has 2 aliphatic rings. The van der Waals surface area contributed by atoms with Crippen molar-refractivity contribution in [2.45, 2.75) is 44.5 Å². The maximum absolute atomic E-state index is 12.9. The molecule has 4 aromatic rings. The lowest BCUT2D eigenvalue weighted by Gasteiger charge is -2.31. The number of carbonyl (C=O) groups excluding carboxylic acids is 1. The SMILES string of the molecule is Cc1cc(C(F)(F)F)nn1CC(=O)N1CCC(c2nc(C3=CC(c4ccccc4-n4cncn4)ON3)cs2)CC1. The van der Waals surface area contributed by atoms with Crippen LogP contribution in [0.15, 0.2) is 54.4 Å². The fourth-order valence-corrected chi connectivity index (χ4v) is 5.91. The monoisotopic (exact) mass is 570 g/mol. The number of thiazole rings is 1. The molecule has 0 saturated carbocycles. The van der Waals surface area contributed by atoms with Gasteiger partial charge in [-0.25, -0.2) is 14.6 Å². The van der Waals surface area contributed by atoms with Gasteiger partial charge in [0.15, 0.2) is 5.69 Å². The van der Waals surface area contributed by atoms with Crippen molar-refractivity contribution in [3.63, 3.8) is 0 Å². The van der Waals surface area contributed by atoms with E-state index in [1.165, 1.54) is 13.3 Å². The molecule has 40 heavy (non-hydrogen) atoms. The van der Waals surface area contributed by atoms with Crippen LogP contribution in [0.5, 0.6) is 0 Å². The Labute approximate surface area is 231 Å². The van der Waals surface area contributed by atoms with Crippen LogP contribution in [-0.4, -0.2) is 53.4 Å². The molecular formula is C26H25F3N8O2S. The van der Waals surface area contributed by atoms with Crippen LogP contribution < -0.4 is 5.48 Å². The molecule has 5 heterocycles. The summed E-state index contributed by atoms with van der Waals surface area (Å²) in [6, 6.07) is 8.76.